The highest BCUT2D eigenvalue weighted by Crippen LogP contribution is 2.30. The van der Waals surface area contributed by atoms with Crippen molar-refractivity contribution in [2.45, 2.75) is 254 Å². The molecule has 1 rings (SSSR count). The van der Waals surface area contributed by atoms with Gasteiger partial charge in [-0.1, -0.05) is 96.9 Å². The normalized spacial score (nSPS) is 12.6. The lowest BCUT2D eigenvalue weighted by molar-refractivity contribution is -0.102. The summed E-state index contributed by atoms with van der Waals surface area (Å²) in [5, 5.41) is 0. The average molecular weight is 1830 g/mol. The Morgan fingerprint density at radius 2 is 0.536 bits per heavy atom. The summed E-state index contributed by atoms with van der Waals surface area (Å²) in [5.74, 6) is 2.95. The van der Waals surface area contributed by atoms with E-state index in [4.69, 9.17) is 133 Å². The molecular formula is C96H209NO28. The van der Waals surface area contributed by atoms with E-state index in [0.717, 1.165) is 72.0 Å². The number of hydrogen-bond acceptors (Lipinski definition) is 29. The van der Waals surface area contributed by atoms with Crippen LogP contribution < -0.4 is 0 Å². The zero-order valence-electron chi connectivity index (χ0n) is 87.7. The van der Waals surface area contributed by atoms with E-state index in [1.165, 1.54) is 0 Å². The first-order chi connectivity index (χ1) is 59.5. The second-order valence-electron chi connectivity index (χ2n) is 33.8. The summed E-state index contributed by atoms with van der Waals surface area (Å²) < 4.78 is 147. The van der Waals surface area contributed by atoms with Gasteiger partial charge in [0, 0.05) is 81.6 Å². The van der Waals surface area contributed by atoms with Crippen LogP contribution in [0.25, 0.3) is 0 Å². The van der Waals surface area contributed by atoms with Crippen LogP contribution in [0, 0.1) is 35.0 Å². The maximum Gasteiger partial charge on any atom is 0.0708 e. The molecule has 766 valence electrons. The summed E-state index contributed by atoms with van der Waals surface area (Å²) in [4.78, 5) is 2.43. The molecule has 0 spiro atoms. The van der Waals surface area contributed by atoms with Crippen LogP contribution in [0.15, 0.2) is 0 Å². The minimum atomic E-state index is -0.0850. The number of hydrogen-bond donors (Lipinski definition) is 0. The zero-order chi connectivity index (χ0) is 96.2. The van der Waals surface area contributed by atoms with E-state index in [1.54, 1.807) is 42.7 Å². The van der Waals surface area contributed by atoms with Crippen LogP contribution in [0.5, 0.6) is 0 Å². The van der Waals surface area contributed by atoms with Crippen LogP contribution in [0.1, 0.15) is 213 Å². The second kappa shape index (κ2) is 108. The van der Waals surface area contributed by atoms with Gasteiger partial charge in [0.25, 0.3) is 0 Å². The lowest BCUT2D eigenvalue weighted by Crippen LogP contribution is -2.40. The Labute approximate surface area is 769 Å². The number of ether oxygens (including phenoxy) is 28. The Morgan fingerprint density at radius 3 is 0.776 bits per heavy atom. The van der Waals surface area contributed by atoms with Crippen molar-refractivity contribution < 1.29 is 133 Å². The molecule has 0 amide bonds. The predicted molar refractivity (Wildman–Crippen MR) is 508 cm³/mol. The topological polar surface area (TPSA) is 262 Å². The Morgan fingerprint density at radius 1 is 0.272 bits per heavy atom. The van der Waals surface area contributed by atoms with E-state index in [1.807, 2.05) is 55.4 Å². The van der Waals surface area contributed by atoms with Gasteiger partial charge in [0.1, 0.15) is 0 Å². The van der Waals surface area contributed by atoms with Gasteiger partial charge in [0.15, 0.2) is 0 Å². The van der Waals surface area contributed by atoms with Crippen LogP contribution in [-0.4, -0.2) is 393 Å². The van der Waals surface area contributed by atoms with E-state index in [9.17, 15) is 0 Å². The quantitative estimate of drug-likeness (QED) is 0.0512. The fraction of sp³-hybridized carbons (Fsp3) is 1.00. The van der Waals surface area contributed by atoms with Crippen LogP contribution in [0.2, 0.25) is 0 Å². The van der Waals surface area contributed by atoms with Crippen LogP contribution in [-0.2, 0) is 133 Å². The van der Waals surface area contributed by atoms with Gasteiger partial charge in [-0.05, 0) is 151 Å². The third kappa shape index (κ3) is 123. The third-order valence-electron chi connectivity index (χ3n) is 18.5. The molecule has 0 aromatic heterocycles. The van der Waals surface area contributed by atoms with E-state index in [-0.39, 0.29) is 34.4 Å². The molecule has 0 unspecified atom stereocenters. The molecular weight excluding hydrogens is 1620 g/mol. The molecule has 29 nitrogen and oxygen atoms in total. The van der Waals surface area contributed by atoms with Crippen molar-refractivity contribution in [2.75, 3.05) is 346 Å². The van der Waals surface area contributed by atoms with Crippen molar-refractivity contribution in [2.24, 2.45) is 35.0 Å². The molecule has 0 aromatic rings. The molecule has 1 heterocycles. The molecule has 1 aliphatic rings. The van der Waals surface area contributed by atoms with Crippen molar-refractivity contribution in [3.05, 3.63) is 0 Å². The smallest absolute Gasteiger partial charge is 0.0708 e. The van der Waals surface area contributed by atoms with Gasteiger partial charge >= 0.3 is 0 Å². The van der Waals surface area contributed by atoms with E-state index >= 15 is 0 Å². The monoisotopic (exact) mass is 1820 g/mol. The maximum atomic E-state index is 6.06. The Hall–Kier alpha value is -1.16. The van der Waals surface area contributed by atoms with Gasteiger partial charge in [-0.2, -0.15) is 0 Å². The molecule has 0 aromatic carbocycles. The molecule has 1 fully saturated rings. The van der Waals surface area contributed by atoms with Crippen LogP contribution in [0.4, 0.5) is 0 Å². The molecule has 29 heteroatoms. The molecule has 0 atom stereocenters. The van der Waals surface area contributed by atoms with Crippen molar-refractivity contribution in [1.82, 2.24) is 4.90 Å². The number of rotatable bonds is 77. The highest BCUT2D eigenvalue weighted by molar-refractivity contribution is 4.81. The van der Waals surface area contributed by atoms with Crippen molar-refractivity contribution in [3.63, 3.8) is 0 Å². The summed E-state index contributed by atoms with van der Waals surface area (Å²) in [5.41, 5.74) is 0.121. The second-order valence-corrected chi connectivity index (χ2v) is 33.8. The highest BCUT2D eigenvalue weighted by atomic mass is 16.6. The highest BCUT2D eigenvalue weighted by Gasteiger charge is 2.31. The first-order valence-electron chi connectivity index (χ1n) is 47.2. The Kier molecular flexibility index (Phi) is 121. The summed E-state index contributed by atoms with van der Waals surface area (Å²) in [7, 11) is 10.0. The van der Waals surface area contributed by atoms with Crippen molar-refractivity contribution in [3.8, 4) is 0 Å². The van der Waals surface area contributed by atoms with Gasteiger partial charge in [0.05, 0.1) is 306 Å². The standard InChI is InChI=1S/C16H34O4.C14H30O4.C13H28O4.C11H24O4.C10H22O4.C10H22O2.C8H18O3.C7H15NO.C7H16O2/c1-6-16(7-2,15(4)5)20-14-13-19-12-11-18-10-9-17-8-3;1-13(2)12-14(3,4)18-11-10-17-9-8-16-7-6-15-5;1-12(2)13(3,4)17-11-10-16-9-8-15-7-6-14-5;1-4-12-5-6-13-7-8-14-9-10-15-11(2)3;1-10(2)14-9-8-13-7-6-12-5-4-11-3;1-9(2)10(3,4)8-12-7-6-11-5;1-8(2)11-7-6-10-5-4-9-3;1-7(2)8-3-5-9-6-4-8;1-7(2)6-9-5-4-8-3/h15H,6-14H2,1-5H3;13H,6-12H2,1-5H3;12H,6-11H2,1-5H3;11H,4-10H2,1-3H3;10H,4-9H2,1-3H3;9H,6-8H2,1-5H3;8H,4-7H2,1-3H3;7H,3-6H2,1-2H3;7H,4-6H2,1-3H3. The molecule has 0 aliphatic carbocycles. The van der Waals surface area contributed by atoms with Gasteiger partial charge in [-0.3, -0.25) is 4.90 Å². The van der Waals surface area contributed by atoms with Gasteiger partial charge in [-0.15, -0.1) is 0 Å². The van der Waals surface area contributed by atoms with Crippen LogP contribution in [0.3, 0.4) is 0 Å². The average Bonchev–Trinajstić information content (AvgIpc) is 0.859. The van der Waals surface area contributed by atoms with E-state index < -0.39 is 0 Å². The number of methoxy groups -OCH3 is 6. The lowest BCUT2D eigenvalue weighted by Gasteiger charge is -2.36. The van der Waals surface area contributed by atoms with Gasteiger partial charge in [0.2, 0.25) is 0 Å². The Bertz CT molecular complexity index is 1900. The Balaban J connectivity index is -0.000000207. The van der Waals surface area contributed by atoms with E-state index in [2.05, 4.69) is 143 Å². The number of nitrogens with zero attached hydrogens (tertiary/aromatic N) is 1. The van der Waals surface area contributed by atoms with Crippen LogP contribution >= 0.6 is 0 Å². The van der Waals surface area contributed by atoms with E-state index in [0.29, 0.717) is 293 Å². The summed E-state index contributed by atoms with van der Waals surface area (Å²) in [6.45, 7) is 91.1. The molecule has 0 saturated carbocycles. The first kappa shape index (κ1) is 139. The molecule has 0 radical (unpaired) electrons. The zero-order valence-corrected chi connectivity index (χ0v) is 87.7. The first-order valence-corrected chi connectivity index (χ1v) is 47.2. The summed E-state index contributed by atoms with van der Waals surface area (Å²) in [6.07, 6.45) is 3.99. The number of morpholine rings is 1. The molecule has 125 heavy (non-hydrogen) atoms. The largest absolute Gasteiger partial charge is 0.382 e. The molecule has 1 aliphatic heterocycles. The molecule has 0 bridgehead atoms. The maximum absolute atomic E-state index is 6.06. The third-order valence-corrected chi connectivity index (χ3v) is 18.5. The summed E-state index contributed by atoms with van der Waals surface area (Å²) >= 11 is 0. The SMILES string of the molecule is CC(C)N1CCOCC1.CCOCCOCCOCCOC(C)C.CCOCCOCCOCCOC(CC)(CC)C(C)C.COCCOCC(C)(C)C(C)C.COCCOCC(C)C.COCCOCCOC(C)C.COCCOCCOCCOC(C)(C)C(C)C.COCCOCCOCCOC(C)(C)CC(C)C.COCCOCCOCCOC(C)C. The summed E-state index contributed by atoms with van der Waals surface area (Å²) in [6, 6.07) is 0.689. The molecule has 0 N–H and O–H groups in total. The van der Waals surface area contributed by atoms with Gasteiger partial charge in [-0.25, -0.2) is 0 Å². The molecule has 1 saturated heterocycles. The lowest BCUT2D eigenvalue weighted by atomic mass is 9.82. The fourth-order valence-corrected chi connectivity index (χ4v) is 9.72. The minimum Gasteiger partial charge on any atom is -0.382 e. The van der Waals surface area contributed by atoms with Gasteiger partial charge < -0.3 is 133 Å². The van der Waals surface area contributed by atoms with Crippen molar-refractivity contribution >= 4 is 0 Å². The predicted octanol–water partition coefficient (Wildman–Crippen LogP) is 15.9. The van der Waals surface area contributed by atoms with Crippen molar-refractivity contribution in [1.29, 1.82) is 0 Å². The fourth-order valence-electron chi connectivity index (χ4n) is 9.72. The minimum absolute atomic E-state index is 0.00263.